The van der Waals surface area contributed by atoms with E-state index in [2.05, 4.69) is 16.5 Å². The predicted molar refractivity (Wildman–Crippen MR) is 169 cm³/mol. The number of amides is 2. The fourth-order valence-corrected chi connectivity index (χ4v) is 4.64. The van der Waals surface area contributed by atoms with E-state index >= 15 is 0 Å². The summed E-state index contributed by atoms with van der Waals surface area (Å²) in [4.78, 5) is 43.1. The van der Waals surface area contributed by atoms with Gasteiger partial charge in [0.15, 0.2) is 0 Å². The molecule has 0 fully saturated rings. The lowest BCUT2D eigenvalue weighted by Crippen LogP contribution is -2.39. The number of hydrogen-bond acceptors (Lipinski definition) is 9. The van der Waals surface area contributed by atoms with Crippen LogP contribution in [0.3, 0.4) is 0 Å². The van der Waals surface area contributed by atoms with Crippen molar-refractivity contribution in [3.8, 4) is 11.3 Å². The van der Waals surface area contributed by atoms with Gasteiger partial charge in [-0.2, -0.15) is 0 Å². The van der Waals surface area contributed by atoms with E-state index in [0.29, 0.717) is 39.5 Å². The van der Waals surface area contributed by atoms with Crippen LogP contribution in [0.15, 0.2) is 102 Å². The first-order valence-electron chi connectivity index (χ1n) is 13.8. The number of carbonyl (C=O) groups is 2. The minimum Gasteiger partial charge on any atom is -0.501 e. The summed E-state index contributed by atoms with van der Waals surface area (Å²) in [6.07, 6.45) is 11.8. The highest BCUT2D eigenvalue weighted by Crippen LogP contribution is 2.28. The Labute approximate surface area is 251 Å². The van der Waals surface area contributed by atoms with Gasteiger partial charge in [-0.3, -0.25) is 19.5 Å². The maximum Gasteiger partial charge on any atom is 0.261 e. The van der Waals surface area contributed by atoms with E-state index in [4.69, 9.17) is 20.2 Å². The molecule has 1 aliphatic heterocycles. The van der Waals surface area contributed by atoms with Crippen LogP contribution in [0.2, 0.25) is 0 Å². The van der Waals surface area contributed by atoms with E-state index in [1.807, 2.05) is 55.2 Å². The molecule has 0 aliphatic carbocycles. The second-order valence-electron chi connectivity index (χ2n) is 9.84. The van der Waals surface area contributed by atoms with Crippen LogP contribution in [-0.4, -0.2) is 65.1 Å². The highest BCUT2D eigenvalue weighted by atomic mass is 16.5. The summed E-state index contributed by atoms with van der Waals surface area (Å²) in [5.41, 5.74) is 10.8. The summed E-state index contributed by atoms with van der Waals surface area (Å²) < 4.78 is 11.1. The monoisotopic (exact) mass is 580 g/mol. The molecular weight excluding hydrogens is 544 g/mol. The summed E-state index contributed by atoms with van der Waals surface area (Å²) in [6, 6.07) is 9.27. The zero-order valence-electron chi connectivity index (χ0n) is 25.1. The number of hydrogen-bond donors (Lipinski definition) is 1. The first-order valence-corrected chi connectivity index (χ1v) is 13.8. The molecule has 3 aromatic rings. The number of nitrogens with two attached hydrogens (primary N) is 1. The second kappa shape index (κ2) is 13.7. The number of fused-ring (bicyclic) bond motifs is 1. The minimum atomic E-state index is -0.413. The topological polar surface area (TPSA) is 124 Å². The number of methoxy groups -OCH3 is 2. The number of rotatable bonds is 12. The first-order chi connectivity index (χ1) is 20.7. The summed E-state index contributed by atoms with van der Waals surface area (Å²) in [5.74, 6) is 0.442. The van der Waals surface area contributed by atoms with Crippen molar-refractivity contribution >= 4 is 34.4 Å². The quantitative estimate of drug-likeness (QED) is 0.137. The van der Waals surface area contributed by atoms with Gasteiger partial charge in [0.2, 0.25) is 0 Å². The Morgan fingerprint density at radius 1 is 1.12 bits per heavy atom. The Hall–Kier alpha value is -5.09. The summed E-state index contributed by atoms with van der Waals surface area (Å²) in [6.45, 7) is 9.63. The Kier molecular flexibility index (Phi) is 9.84. The normalized spacial score (nSPS) is 15.1. The van der Waals surface area contributed by atoms with Crippen molar-refractivity contribution in [2.24, 2.45) is 0 Å². The van der Waals surface area contributed by atoms with Gasteiger partial charge in [-0.1, -0.05) is 18.2 Å². The van der Waals surface area contributed by atoms with Gasteiger partial charge in [-0.15, -0.1) is 6.58 Å². The molecule has 2 N–H and O–H groups in total. The molecule has 0 spiro atoms. The largest absolute Gasteiger partial charge is 0.501 e. The summed E-state index contributed by atoms with van der Waals surface area (Å²) in [7, 11) is 3.18. The van der Waals surface area contributed by atoms with Crippen LogP contribution >= 0.6 is 0 Å². The molecule has 2 aromatic heterocycles. The molecule has 1 atom stereocenters. The maximum atomic E-state index is 13.2. The van der Waals surface area contributed by atoms with E-state index in [1.54, 1.807) is 57.8 Å². The molecule has 1 aromatic carbocycles. The van der Waals surface area contributed by atoms with Crippen molar-refractivity contribution in [3.05, 3.63) is 102 Å². The number of nitrogens with zero attached hydrogens (tertiary/aromatic N) is 5. The van der Waals surface area contributed by atoms with Crippen LogP contribution in [0.5, 0.6) is 0 Å². The summed E-state index contributed by atoms with van der Waals surface area (Å²) >= 11 is 0. The standard InChI is InChI=1S/C33H36N6O4/c1-7-9-27-22(4)32(40)39(33(27)41)15-14-38(25(16-21(3)42-5)17-26(8-2)43-6)24-11-12-28-29(18-24)37-30(20-35-28)23-10-13-31(34)36-19-23/h7-13,16-20,26H,2,14-15H2,1,3-6H3,(H2,34,36)/b9-7-,21-16+,25-17+. The van der Waals surface area contributed by atoms with Crippen molar-refractivity contribution in [2.75, 3.05) is 37.9 Å². The van der Waals surface area contributed by atoms with Crippen LogP contribution in [0, 0.1) is 0 Å². The van der Waals surface area contributed by atoms with Crippen LogP contribution in [0.4, 0.5) is 11.5 Å². The zero-order valence-corrected chi connectivity index (χ0v) is 25.1. The minimum absolute atomic E-state index is 0.139. The highest BCUT2D eigenvalue weighted by Gasteiger charge is 2.34. The highest BCUT2D eigenvalue weighted by molar-refractivity contribution is 6.20. The molecular formula is C33H36N6O4. The first kappa shape index (κ1) is 30.9. The van der Waals surface area contributed by atoms with Crippen molar-refractivity contribution in [3.63, 3.8) is 0 Å². The van der Waals surface area contributed by atoms with Crippen LogP contribution in [0.25, 0.3) is 22.3 Å². The SMILES string of the molecule is C=CC(/C=C(\C=C(/C)OC)N(CCN1C(=O)C(C)=C(/C=C\C)C1=O)c1ccc2ncc(-c3ccc(N)nc3)nc2c1)OC. The van der Waals surface area contributed by atoms with Crippen molar-refractivity contribution in [2.45, 2.75) is 26.9 Å². The van der Waals surface area contributed by atoms with E-state index < -0.39 is 6.10 Å². The van der Waals surface area contributed by atoms with Gasteiger partial charge in [0.05, 0.1) is 41.9 Å². The molecule has 2 amide bonds. The lowest BCUT2D eigenvalue weighted by molar-refractivity contribution is -0.137. The molecule has 1 aliphatic rings. The molecule has 43 heavy (non-hydrogen) atoms. The van der Waals surface area contributed by atoms with E-state index in [9.17, 15) is 9.59 Å². The molecule has 1 unspecified atom stereocenters. The number of anilines is 2. The second-order valence-corrected chi connectivity index (χ2v) is 9.84. The molecule has 0 saturated carbocycles. The lowest BCUT2D eigenvalue weighted by Gasteiger charge is -2.29. The third-order valence-corrected chi connectivity index (χ3v) is 7.07. The van der Waals surface area contributed by atoms with E-state index in [0.717, 1.165) is 16.9 Å². The number of allylic oxidation sites excluding steroid dienone is 3. The molecule has 10 heteroatoms. The third-order valence-electron chi connectivity index (χ3n) is 7.07. The number of imide groups is 1. The van der Waals surface area contributed by atoms with Crippen molar-refractivity contribution < 1.29 is 19.1 Å². The number of pyridine rings is 1. The number of nitrogen functional groups attached to an aromatic ring is 1. The Bertz CT molecular complexity index is 1660. The van der Waals surface area contributed by atoms with E-state index in [-0.39, 0.29) is 24.9 Å². The molecule has 222 valence electrons. The molecule has 0 radical (unpaired) electrons. The number of carbonyl (C=O) groups excluding carboxylic acids is 2. The van der Waals surface area contributed by atoms with Crippen molar-refractivity contribution in [1.82, 2.24) is 19.9 Å². The average molecular weight is 581 g/mol. The fraction of sp³-hybridized carbons (Fsp3) is 0.242. The molecule has 4 rings (SSSR count). The molecule has 0 bridgehead atoms. The van der Waals surface area contributed by atoms with Crippen LogP contribution in [0.1, 0.15) is 20.8 Å². The van der Waals surface area contributed by atoms with Gasteiger partial charge in [-0.05, 0) is 63.3 Å². The number of benzene rings is 1. The smallest absolute Gasteiger partial charge is 0.261 e. The number of aromatic nitrogens is 3. The average Bonchev–Trinajstić information content (AvgIpc) is 3.22. The Morgan fingerprint density at radius 2 is 1.91 bits per heavy atom. The van der Waals surface area contributed by atoms with Crippen LogP contribution < -0.4 is 10.6 Å². The predicted octanol–water partition coefficient (Wildman–Crippen LogP) is 4.98. The van der Waals surface area contributed by atoms with Gasteiger partial charge in [0.25, 0.3) is 11.8 Å². The van der Waals surface area contributed by atoms with E-state index in [1.165, 1.54) is 4.90 Å². The Morgan fingerprint density at radius 3 is 2.56 bits per heavy atom. The Balaban J connectivity index is 1.80. The van der Waals surface area contributed by atoms with Gasteiger partial charge in [0.1, 0.15) is 5.82 Å². The van der Waals surface area contributed by atoms with Gasteiger partial charge >= 0.3 is 0 Å². The van der Waals surface area contributed by atoms with Gasteiger partial charge < -0.3 is 20.1 Å². The van der Waals surface area contributed by atoms with Gasteiger partial charge in [-0.25, -0.2) is 9.97 Å². The summed E-state index contributed by atoms with van der Waals surface area (Å²) in [5, 5.41) is 0. The molecule has 10 nitrogen and oxygen atoms in total. The zero-order chi connectivity index (χ0) is 31.1. The molecule has 0 saturated heterocycles. The maximum absolute atomic E-state index is 13.2. The van der Waals surface area contributed by atoms with Crippen molar-refractivity contribution in [1.29, 1.82) is 0 Å². The lowest BCUT2D eigenvalue weighted by atomic mass is 10.1. The fourth-order valence-electron chi connectivity index (χ4n) is 4.64. The molecule has 3 heterocycles. The van der Waals surface area contributed by atoms with Crippen LogP contribution in [-0.2, 0) is 19.1 Å². The third kappa shape index (κ3) is 6.87. The van der Waals surface area contributed by atoms with Gasteiger partial charge in [0, 0.05) is 54.5 Å². The number of ether oxygens (including phenoxy) is 2.